The number of oxazole rings is 1. The number of aromatic nitrogens is 4. The molecule has 7 nitrogen and oxygen atoms in total. The summed E-state index contributed by atoms with van der Waals surface area (Å²) in [6, 6.07) is 7.42. The molecule has 0 aliphatic rings. The first-order valence-electron chi connectivity index (χ1n) is 7.75. The van der Waals surface area contributed by atoms with E-state index in [4.69, 9.17) is 4.42 Å². The molecular weight excluding hydrogens is 350 g/mol. The molecule has 26 heavy (non-hydrogen) atoms. The van der Waals surface area contributed by atoms with Crippen LogP contribution in [0, 0.1) is 6.92 Å². The number of thiazole rings is 1. The standard InChI is InChI=1S/C18H13N5O2S/c1-11-4-2-7-20-14(11)13-9-26-18(22-13)23-17(24)16-15(21-10-25-16)12-5-3-6-19-8-12/h2-10H,1H3,(H,22,23,24). The molecule has 4 aromatic heterocycles. The van der Waals surface area contributed by atoms with Crippen LogP contribution in [0.2, 0.25) is 0 Å². The Hall–Kier alpha value is -3.39. The molecule has 0 atom stereocenters. The van der Waals surface area contributed by atoms with Gasteiger partial charge in [0, 0.05) is 29.5 Å². The molecule has 0 aliphatic heterocycles. The van der Waals surface area contributed by atoms with Crippen LogP contribution in [0.5, 0.6) is 0 Å². The smallest absolute Gasteiger partial charge is 0.295 e. The van der Waals surface area contributed by atoms with Gasteiger partial charge < -0.3 is 4.42 Å². The maximum absolute atomic E-state index is 12.6. The lowest BCUT2D eigenvalue weighted by Crippen LogP contribution is -2.12. The van der Waals surface area contributed by atoms with Crippen molar-refractivity contribution in [1.29, 1.82) is 0 Å². The van der Waals surface area contributed by atoms with E-state index in [1.54, 1.807) is 24.7 Å². The summed E-state index contributed by atoms with van der Waals surface area (Å²) in [6.07, 6.45) is 6.23. The molecule has 128 valence electrons. The van der Waals surface area contributed by atoms with E-state index in [1.165, 1.54) is 17.7 Å². The van der Waals surface area contributed by atoms with Crippen molar-refractivity contribution in [2.75, 3.05) is 5.32 Å². The minimum atomic E-state index is -0.417. The van der Waals surface area contributed by atoms with E-state index in [2.05, 4.69) is 25.3 Å². The Kier molecular flexibility index (Phi) is 4.24. The average Bonchev–Trinajstić information content (AvgIpc) is 3.32. The van der Waals surface area contributed by atoms with Crippen molar-refractivity contribution in [1.82, 2.24) is 19.9 Å². The summed E-state index contributed by atoms with van der Waals surface area (Å²) < 4.78 is 5.28. The van der Waals surface area contributed by atoms with Crippen molar-refractivity contribution in [2.45, 2.75) is 6.92 Å². The molecule has 0 radical (unpaired) electrons. The van der Waals surface area contributed by atoms with Crippen LogP contribution < -0.4 is 5.32 Å². The van der Waals surface area contributed by atoms with Crippen molar-refractivity contribution in [2.24, 2.45) is 0 Å². The lowest BCUT2D eigenvalue weighted by Gasteiger charge is -2.02. The fourth-order valence-electron chi connectivity index (χ4n) is 2.46. The van der Waals surface area contributed by atoms with Crippen LogP contribution in [0.3, 0.4) is 0 Å². The molecule has 0 saturated carbocycles. The fourth-order valence-corrected chi connectivity index (χ4v) is 3.15. The first kappa shape index (κ1) is 16.1. The van der Waals surface area contributed by atoms with E-state index >= 15 is 0 Å². The van der Waals surface area contributed by atoms with Crippen LogP contribution in [0.25, 0.3) is 22.6 Å². The van der Waals surface area contributed by atoms with Gasteiger partial charge in [-0.1, -0.05) is 6.07 Å². The number of carbonyl (C=O) groups is 1. The molecule has 4 aromatic rings. The molecule has 4 heterocycles. The van der Waals surface area contributed by atoms with Gasteiger partial charge in [-0.05, 0) is 30.7 Å². The second-order valence-electron chi connectivity index (χ2n) is 5.43. The Bertz CT molecular complexity index is 1060. The minimum absolute atomic E-state index is 0.115. The zero-order chi connectivity index (χ0) is 17.9. The number of hydrogen-bond acceptors (Lipinski definition) is 7. The third-order valence-corrected chi connectivity index (χ3v) is 4.44. The Balaban J connectivity index is 1.57. The summed E-state index contributed by atoms with van der Waals surface area (Å²) in [6.45, 7) is 1.97. The highest BCUT2D eigenvalue weighted by molar-refractivity contribution is 7.14. The summed E-state index contributed by atoms with van der Waals surface area (Å²) in [5.41, 5.74) is 3.67. The first-order chi connectivity index (χ1) is 12.7. The van der Waals surface area contributed by atoms with Crippen molar-refractivity contribution < 1.29 is 9.21 Å². The van der Waals surface area contributed by atoms with E-state index in [9.17, 15) is 4.79 Å². The van der Waals surface area contributed by atoms with Gasteiger partial charge in [0.05, 0.1) is 5.69 Å². The van der Waals surface area contributed by atoms with E-state index in [0.717, 1.165) is 11.3 Å². The maximum Gasteiger partial charge on any atom is 0.295 e. The van der Waals surface area contributed by atoms with Crippen LogP contribution >= 0.6 is 11.3 Å². The number of rotatable bonds is 4. The van der Waals surface area contributed by atoms with E-state index in [0.29, 0.717) is 22.1 Å². The summed E-state index contributed by atoms with van der Waals surface area (Å²) >= 11 is 1.32. The summed E-state index contributed by atoms with van der Waals surface area (Å²) in [5.74, 6) is -0.302. The molecule has 8 heteroatoms. The number of aryl methyl sites for hydroxylation is 1. The molecule has 0 aromatic carbocycles. The molecule has 0 bridgehead atoms. The topological polar surface area (TPSA) is 93.8 Å². The first-order valence-corrected chi connectivity index (χ1v) is 8.63. The summed E-state index contributed by atoms with van der Waals surface area (Å²) in [7, 11) is 0. The predicted molar refractivity (Wildman–Crippen MR) is 97.8 cm³/mol. The van der Waals surface area contributed by atoms with Crippen LogP contribution in [0.4, 0.5) is 5.13 Å². The summed E-state index contributed by atoms with van der Waals surface area (Å²) in [5, 5.41) is 5.07. The number of carbonyl (C=O) groups excluding carboxylic acids is 1. The van der Waals surface area contributed by atoms with Gasteiger partial charge in [-0.15, -0.1) is 11.3 Å². The molecule has 1 N–H and O–H groups in total. The summed E-state index contributed by atoms with van der Waals surface area (Å²) in [4.78, 5) is 29.5. The number of nitrogens with one attached hydrogen (secondary N) is 1. The molecule has 1 amide bonds. The van der Waals surface area contributed by atoms with E-state index < -0.39 is 5.91 Å². The number of amides is 1. The monoisotopic (exact) mass is 363 g/mol. The largest absolute Gasteiger partial charge is 0.438 e. The molecule has 0 saturated heterocycles. The van der Waals surface area contributed by atoms with Crippen molar-refractivity contribution in [3.8, 4) is 22.6 Å². The van der Waals surface area contributed by atoms with Gasteiger partial charge in [0.2, 0.25) is 5.76 Å². The molecular formula is C18H13N5O2S. The van der Waals surface area contributed by atoms with Gasteiger partial charge in [-0.25, -0.2) is 9.97 Å². The molecule has 4 rings (SSSR count). The quantitative estimate of drug-likeness (QED) is 0.592. The van der Waals surface area contributed by atoms with Gasteiger partial charge >= 0.3 is 0 Å². The highest BCUT2D eigenvalue weighted by Gasteiger charge is 2.20. The minimum Gasteiger partial charge on any atom is -0.438 e. The van der Waals surface area contributed by atoms with Crippen molar-refractivity contribution >= 4 is 22.4 Å². The lowest BCUT2D eigenvalue weighted by molar-refractivity contribution is 0.0997. The second-order valence-corrected chi connectivity index (χ2v) is 6.29. The van der Waals surface area contributed by atoms with Gasteiger partial charge in [0.25, 0.3) is 5.91 Å². The molecule has 0 unspecified atom stereocenters. The predicted octanol–water partition coefficient (Wildman–Crippen LogP) is 3.82. The maximum atomic E-state index is 12.6. The third kappa shape index (κ3) is 3.09. The van der Waals surface area contributed by atoms with Crippen LogP contribution in [0.15, 0.2) is 59.0 Å². The zero-order valence-electron chi connectivity index (χ0n) is 13.7. The van der Waals surface area contributed by atoms with Crippen molar-refractivity contribution in [3.05, 3.63) is 66.0 Å². The highest BCUT2D eigenvalue weighted by atomic mass is 32.1. The molecule has 0 fully saturated rings. The fraction of sp³-hybridized carbons (Fsp3) is 0.0556. The van der Waals surface area contributed by atoms with Crippen LogP contribution in [-0.2, 0) is 0 Å². The van der Waals surface area contributed by atoms with Crippen LogP contribution in [0.1, 0.15) is 16.1 Å². The van der Waals surface area contributed by atoms with E-state index in [1.807, 2.05) is 30.5 Å². The number of pyridine rings is 2. The average molecular weight is 363 g/mol. The van der Waals surface area contributed by atoms with Gasteiger partial charge in [0.1, 0.15) is 11.4 Å². The normalized spacial score (nSPS) is 10.7. The highest BCUT2D eigenvalue weighted by Crippen LogP contribution is 2.27. The van der Waals surface area contributed by atoms with Crippen molar-refractivity contribution in [3.63, 3.8) is 0 Å². The molecule has 0 aliphatic carbocycles. The number of anilines is 1. The van der Waals surface area contributed by atoms with Gasteiger partial charge in [0.15, 0.2) is 11.5 Å². The lowest BCUT2D eigenvalue weighted by atomic mass is 10.2. The zero-order valence-corrected chi connectivity index (χ0v) is 14.5. The number of nitrogens with zero attached hydrogens (tertiary/aromatic N) is 4. The van der Waals surface area contributed by atoms with Gasteiger partial charge in [-0.3, -0.25) is 20.1 Å². The Labute approximate surface area is 152 Å². The Morgan fingerprint density at radius 1 is 1.15 bits per heavy atom. The Morgan fingerprint density at radius 2 is 2.04 bits per heavy atom. The molecule has 0 spiro atoms. The van der Waals surface area contributed by atoms with Gasteiger partial charge in [-0.2, -0.15) is 0 Å². The number of hydrogen-bond donors (Lipinski definition) is 1. The van der Waals surface area contributed by atoms with E-state index in [-0.39, 0.29) is 5.76 Å². The third-order valence-electron chi connectivity index (χ3n) is 3.69. The van der Waals surface area contributed by atoms with Crippen LogP contribution in [-0.4, -0.2) is 25.8 Å². The Morgan fingerprint density at radius 3 is 2.85 bits per heavy atom. The SMILES string of the molecule is Cc1cccnc1-c1csc(NC(=O)c2ocnc2-c2cccnc2)n1. The second kappa shape index (κ2) is 6.85.